The molecule has 17 heteroatoms. The highest BCUT2D eigenvalue weighted by molar-refractivity contribution is 9.10. The van der Waals surface area contributed by atoms with Gasteiger partial charge < -0.3 is 9.32 Å². The second kappa shape index (κ2) is 20.9. The van der Waals surface area contributed by atoms with Gasteiger partial charge in [-0.05, 0) is 117 Å². The zero-order chi connectivity index (χ0) is 60.1. The van der Waals surface area contributed by atoms with Gasteiger partial charge in [0.2, 0.25) is 21.1 Å². The second-order valence-electron chi connectivity index (χ2n) is 26.9. The summed E-state index contributed by atoms with van der Waals surface area (Å²) in [6.07, 6.45) is -12.8. The molecule has 0 atom stereocenters. The first-order valence-electron chi connectivity index (χ1n) is 26.5. The molecule has 8 nitrogen and oxygen atoms in total. The molecule has 0 saturated carbocycles. The number of rotatable bonds is 10. The highest BCUT2D eigenvalue weighted by Crippen LogP contribution is 2.49. The van der Waals surface area contributed by atoms with Crippen molar-refractivity contribution in [1.29, 1.82) is 0 Å². The van der Waals surface area contributed by atoms with Gasteiger partial charge in [-0.1, -0.05) is 153 Å². The fraction of sp³-hybridized carbons (Fsp3) is 0.500. The normalized spacial score (nSPS) is 14.4. The molecule has 79 heavy (non-hydrogen) atoms. The van der Waals surface area contributed by atoms with Crippen LogP contribution in [0.4, 0.5) is 43.4 Å². The molecule has 432 valence electrons. The maximum absolute atomic E-state index is 14.4. The molecule has 4 aromatic rings. The molecule has 0 fully saturated rings. The summed E-state index contributed by atoms with van der Waals surface area (Å²) >= 11 is 3.41. The molecule has 4 aromatic carbocycles. The van der Waals surface area contributed by atoms with Gasteiger partial charge in [0.25, 0.3) is 15.3 Å². The van der Waals surface area contributed by atoms with Crippen LogP contribution in [0.25, 0.3) is 33.4 Å². The van der Waals surface area contributed by atoms with Crippen LogP contribution >= 0.6 is 15.9 Å². The highest BCUT2D eigenvalue weighted by atomic mass is 79.9. The van der Waals surface area contributed by atoms with Crippen LogP contribution in [0.3, 0.4) is 0 Å². The van der Waals surface area contributed by atoms with E-state index in [1.54, 1.807) is 12.1 Å². The highest BCUT2D eigenvalue weighted by Gasteiger charge is 2.65. The summed E-state index contributed by atoms with van der Waals surface area (Å²) in [5.74, 6) is 0.248. The molecule has 2 aliphatic rings. The minimum absolute atomic E-state index is 0.156. The average molecular weight is 1200 g/mol. The first-order valence-corrected chi connectivity index (χ1v) is 30.4. The van der Waals surface area contributed by atoms with Crippen LogP contribution in [-0.2, 0) is 52.5 Å². The molecule has 0 unspecified atom stereocenters. The van der Waals surface area contributed by atoms with Crippen molar-refractivity contribution < 1.29 is 47.6 Å². The summed E-state index contributed by atoms with van der Waals surface area (Å²) in [4.78, 5) is 1.31. The van der Waals surface area contributed by atoms with Gasteiger partial charge >= 0.3 is 12.4 Å². The number of hydrogen-bond acceptors (Lipinski definition) is 6. The minimum Gasteiger partial charge on any atom is -0.456 e. The van der Waals surface area contributed by atoms with E-state index >= 15 is 0 Å². The van der Waals surface area contributed by atoms with E-state index in [0.717, 1.165) is 43.8 Å². The number of fused-ring (bicyclic) bond motifs is 2. The summed E-state index contributed by atoms with van der Waals surface area (Å²) in [7, 11) is -12.5. The van der Waals surface area contributed by atoms with E-state index in [1.807, 2.05) is 38.1 Å². The largest absolute Gasteiger partial charge is 0.456 e. The van der Waals surface area contributed by atoms with E-state index in [0.29, 0.717) is 35.1 Å². The van der Waals surface area contributed by atoms with Gasteiger partial charge in [0.1, 0.15) is 17.9 Å². The summed E-state index contributed by atoms with van der Waals surface area (Å²) in [5, 5.41) is -4.03. The Morgan fingerprint density at radius 3 is 1.46 bits per heavy atom. The maximum Gasteiger partial charge on any atom is 0.415 e. The van der Waals surface area contributed by atoms with Gasteiger partial charge in [0.15, 0.2) is 0 Å². The number of alkyl halides is 6. The Hall–Kier alpha value is -4.71. The Morgan fingerprint density at radius 2 is 1.04 bits per heavy atom. The quantitative estimate of drug-likeness (QED) is 0.0833. The zero-order valence-electron chi connectivity index (χ0n) is 49.4. The molecule has 1 aliphatic heterocycles. The molecule has 6 rings (SSSR count). The summed E-state index contributed by atoms with van der Waals surface area (Å²) in [6, 6.07) is 23.4. The topological polar surface area (TPSA) is 99.7 Å². The molecular weight excluding hydrogens is 1120 g/mol. The molecule has 1 heterocycles. The molecule has 0 spiro atoms. The van der Waals surface area contributed by atoms with Gasteiger partial charge in [0.05, 0.1) is 11.0 Å². The van der Waals surface area contributed by atoms with Gasteiger partial charge in [-0.2, -0.15) is 30.9 Å². The van der Waals surface area contributed by atoms with Crippen molar-refractivity contribution in [3.8, 4) is 22.5 Å². The van der Waals surface area contributed by atoms with Crippen molar-refractivity contribution in [3.05, 3.63) is 122 Å². The number of benzene rings is 5. The molecule has 1 N–H and O–H groups in total. The fourth-order valence-corrected chi connectivity index (χ4v) is 13.9. The maximum atomic E-state index is 14.4. The SMILES string of the molecule is CCN(c1ccc2c(-c3cc(Br)ccc3S(=O)(=O)NS(=O)(=O)C(C(F)(F)F)C(F)(F)F)c3cc/c(=[N+](/CC)c4c(C(C)(C)C)cc(C(C)(C)C)cc4C(C)(C)C)cc-3oc2c1)c1c(C(C)(C)C)cc(C(C)(C)C)cc1C(C)(C)C. The van der Waals surface area contributed by atoms with Gasteiger partial charge in [-0.25, -0.2) is 16.8 Å². The second-order valence-corrected chi connectivity index (χ2v) is 31.5. The van der Waals surface area contributed by atoms with Crippen LogP contribution in [-0.4, -0.2) is 47.5 Å². The number of anilines is 2. The van der Waals surface area contributed by atoms with E-state index in [9.17, 15) is 43.2 Å². The third-order valence-electron chi connectivity index (χ3n) is 14.3. The molecule has 0 amide bonds. The van der Waals surface area contributed by atoms with Crippen LogP contribution in [0, 0.1) is 0 Å². The Bertz CT molecular complexity index is 3510. The van der Waals surface area contributed by atoms with Gasteiger partial charge in [0, 0.05) is 67.7 Å². The Balaban J connectivity index is 1.83. The summed E-state index contributed by atoms with van der Waals surface area (Å²) < 4.78 is 149. The van der Waals surface area contributed by atoms with E-state index in [-0.39, 0.29) is 59.4 Å². The average Bonchev–Trinajstić information content (AvgIpc) is 3.24. The van der Waals surface area contributed by atoms with Crippen LogP contribution in [0.1, 0.15) is 172 Å². The van der Waals surface area contributed by atoms with Crippen molar-refractivity contribution in [2.45, 2.75) is 193 Å². The van der Waals surface area contributed by atoms with E-state index in [2.05, 4.69) is 174 Å². The first kappa shape index (κ1) is 63.5. The molecule has 0 aromatic heterocycles. The number of hydrogen-bond donors (Lipinski definition) is 1. The van der Waals surface area contributed by atoms with Crippen molar-refractivity contribution in [3.63, 3.8) is 0 Å². The lowest BCUT2D eigenvalue weighted by Gasteiger charge is -2.38. The lowest BCUT2D eigenvalue weighted by atomic mass is 9.73. The van der Waals surface area contributed by atoms with Crippen molar-refractivity contribution in [2.75, 3.05) is 18.0 Å². The Morgan fingerprint density at radius 1 is 0.570 bits per heavy atom. The molecule has 0 saturated heterocycles. The van der Waals surface area contributed by atoms with E-state index in [4.69, 9.17) is 4.42 Å². The van der Waals surface area contributed by atoms with Gasteiger partial charge in [-0.3, -0.25) is 0 Å². The first-order chi connectivity index (χ1) is 35.6. The van der Waals surface area contributed by atoms with E-state index in [1.165, 1.54) is 23.3 Å². The smallest absolute Gasteiger partial charge is 0.415 e. The predicted molar refractivity (Wildman–Crippen MR) is 314 cm³/mol. The predicted octanol–water partition coefficient (Wildman–Crippen LogP) is 17.1. The van der Waals surface area contributed by atoms with Crippen LogP contribution < -0.4 is 19.0 Å². The van der Waals surface area contributed by atoms with Crippen molar-refractivity contribution in [2.24, 2.45) is 0 Å². The van der Waals surface area contributed by atoms with Crippen molar-refractivity contribution >= 4 is 64.0 Å². The molecule has 0 radical (unpaired) electrons. The molecule has 0 bridgehead atoms. The summed E-state index contributed by atoms with van der Waals surface area (Å²) in [5.41, 5.74) is 8.25. The van der Waals surface area contributed by atoms with E-state index < -0.39 is 42.5 Å². The fourth-order valence-electron chi connectivity index (χ4n) is 10.2. The van der Waals surface area contributed by atoms with Crippen LogP contribution in [0.5, 0.6) is 0 Å². The monoisotopic (exact) mass is 1200 g/mol. The molecule has 1 aliphatic carbocycles. The lowest BCUT2D eigenvalue weighted by Crippen LogP contribution is -2.53. The molecular formula is C62H79BrF6N3O5S2+. The minimum atomic E-state index is -6.73. The van der Waals surface area contributed by atoms with Gasteiger partial charge in [-0.15, -0.1) is 4.13 Å². The third-order valence-corrected chi connectivity index (χ3v) is 18.7. The zero-order valence-corrected chi connectivity index (χ0v) is 52.6. The van der Waals surface area contributed by atoms with Crippen molar-refractivity contribution in [1.82, 2.24) is 8.70 Å². The number of sulfonamides is 2. The summed E-state index contributed by atoms with van der Waals surface area (Å²) in [6.45, 7) is 44.3. The number of halogens is 7. The number of nitrogens with zero attached hydrogens (tertiary/aromatic N) is 2. The number of nitrogens with one attached hydrogen (secondary N) is 1. The Kier molecular flexibility index (Phi) is 16.8. The standard InChI is InChI=1S/C62H79BrF6N3O5S2/c1-21-71(52-44(57(9,10)11)29-36(55(3,4)5)30-45(52)58(12,13)14)39-24-26-41-48(34-39)77-49-35-40(72(22-2)53-46(59(15,16)17)31-37(56(6,7)8)32-47(53)60(18,19)20)25-27-42(49)51(41)43-33-38(63)23-28-50(43)78(73,74)70-79(75,76)54(61(64,65)66)62(67,68)69/h23-35,54,70H,21-22H2,1-20H3/q+1. The third kappa shape index (κ3) is 13.2. The van der Waals surface area contributed by atoms with Crippen LogP contribution in [0.15, 0.2) is 92.6 Å². The lowest BCUT2D eigenvalue weighted by molar-refractivity contribution is -0.226. The van der Waals surface area contributed by atoms with Crippen LogP contribution in [0.2, 0.25) is 0 Å². The Labute approximate surface area is 473 Å².